The van der Waals surface area contributed by atoms with E-state index < -0.39 is 5.60 Å². The molecule has 0 unspecified atom stereocenters. The van der Waals surface area contributed by atoms with Gasteiger partial charge in [0.2, 0.25) is 0 Å². The summed E-state index contributed by atoms with van der Waals surface area (Å²) < 4.78 is 5.44. The Bertz CT molecular complexity index is 1140. The van der Waals surface area contributed by atoms with Crippen molar-refractivity contribution in [3.8, 4) is 11.1 Å². The number of hydrogen-bond donors (Lipinski definition) is 2. The van der Waals surface area contributed by atoms with E-state index in [1.165, 1.54) is 0 Å². The summed E-state index contributed by atoms with van der Waals surface area (Å²) >= 11 is 0. The molecule has 31 heavy (non-hydrogen) atoms. The molecule has 1 aliphatic rings. The second-order valence-electron chi connectivity index (χ2n) is 9.10. The monoisotopic (exact) mass is 420 g/mol. The number of nitrogens with zero attached hydrogens (tertiary/aromatic N) is 2. The van der Waals surface area contributed by atoms with Gasteiger partial charge in [-0.05, 0) is 58.4 Å². The fourth-order valence-corrected chi connectivity index (χ4v) is 3.96. The minimum atomic E-state index is -0.509. The number of Topliss-reactive ketones (excluding diaryl/α,β-unsaturated/α-hetero) is 1. The molecule has 1 amide bonds. The van der Waals surface area contributed by atoms with Gasteiger partial charge in [-0.25, -0.2) is 4.79 Å². The fourth-order valence-electron chi connectivity index (χ4n) is 3.96. The number of carbonyl (C=O) groups is 2. The summed E-state index contributed by atoms with van der Waals surface area (Å²) in [7, 11) is 0. The van der Waals surface area contributed by atoms with Crippen LogP contribution in [0, 0.1) is 6.92 Å². The lowest BCUT2D eigenvalue weighted by molar-refractivity contribution is 0.0105. The normalized spacial score (nSPS) is 14.4. The number of nitrogens with one attached hydrogen (secondary N) is 2. The van der Waals surface area contributed by atoms with Crippen LogP contribution in [0.25, 0.3) is 22.0 Å². The maximum Gasteiger partial charge on any atom is 0.410 e. The Morgan fingerprint density at radius 1 is 1.23 bits per heavy atom. The van der Waals surface area contributed by atoms with Gasteiger partial charge in [-0.15, -0.1) is 0 Å². The smallest absolute Gasteiger partial charge is 0.410 e. The van der Waals surface area contributed by atoms with Crippen molar-refractivity contribution in [3.05, 3.63) is 47.9 Å². The van der Waals surface area contributed by atoms with Crippen LogP contribution in [0.1, 0.15) is 43.7 Å². The van der Waals surface area contributed by atoms with Gasteiger partial charge in [-0.3, -0.25) is 9.78 Å². The number of ether oxygens (including phenoxy) is 1. The predicted molar refractivity (Wildman–Crippen MR) is 121 cm³/mol. The summed E-state index contributed by atoms with van der Waals surface area (Å²) in [5.41, 5.74) is 4.79. The van der Waals surface area contributed by atoms with Crippen LogP contribution in [0.15, 0.2) is 36.7 Å². The van der Waals surface area contributed by atoms with E-state index in [4.69, 9.17) is 4.74 Å². The predicted octanol–water partition coefficient (Wildman–Crippen LogP) is 4.77. The number of aromatic amines is 1. The average molecular weight is 421 g/mol. The van der Waals surface area contributed by atoms with Gasteiger partial charge in [-0.2, -0.15) is 0 Å². The third-order valence-corrected chi connectivity index (χ3v) is 5.33. The molecule has 162 valence electrons. The Labute approximate surface area is 181 Å². The van der Waals surface area contributed by atoms with E-state index in [9.17, 15) is 9.59 Å². The molecule has 0 bridgehead atoms. The summed E-state index contributed by atoms with van der Waals surface area (Å²) in [6.45, 7) is 10.2. The molecule has 0 aliphatic carbocycles. The third-order valence-electron chi connectivity index (χ3n) is 5.33. The van der Waals surface area contributed by atoms with Crippen LogP contribution in [0.4, 0.5) is 10.5 Å². The number of H-pyrrole nitrogens is 1. The molecule has 2 N–H and O–H groups in total. The van der Waals surface area contributed by atoms with Gasteiger partial charge in [0.25, 0.3) is 0 Å². The highest BCUT2D eigenvalue weighted by Gasteiger charge is 2.34. The number of hydrogen-bond acceptors (Lipinski definition) is 5. The van der Waals surface area contributed by atoms with Crippen LogP contribution < -0.4 is 5.32 Å². The summed E-state index contributed by atoms with van der Waals surface area (Å²) in [4.78, 5) is 33.8. The van der Waals surface area contributed by atoms with E-state index in [0.717, 1.165) is 33.4 Å². The molecule has 4 rings (SSSR count). The van der Waals surface area contributed by atoms with Crippen LogP contribution in [-0.2, 0) is 4.74 Å². The zero-order chi connectivity index (χ0) is 22.3. The van der Waals surface area contributed by atoms with Crippen molar-refractivity contribution in [2.45, 2.75) is 46.3 Å². The molecule has 1 aromatic carbocycles. The first kappa shape index (κ1) is 20.9. The number of benzene rings is 1. The molecule has 7 heteroatoms. The number of aromatic nitrogens is 2. The lowest BCUT2D eigenvalue weighted by Crippen LogP contribution is -2.57. The molecule has 0 radical (unpaired) electrons. The fraction of sp³-hybridized carbons (Fsp3) is 0.375. The van der Waals surface area contributed by atoms with E-state index in [0.29, 0.717) is 18.7 Å². The van der Waals surface area contributed by atoms with Crippen molar-refractivity contribution in [1.82, 2.24) is 14.9 Å². The Hall–Kier alpha value is -3.35. The average Bonchev–Trinajstić information content (AvgIpc) is 2.99. The minimum Gasteiger partial charge on any atom is -0.444 e. The van der Waals surface area contributed by atoms with E-state index in [-0.39, 0.29) is 17.9 Å². The first-order valence-electron chi connectivity index (χ1n) is 10.4. The van der Waals surface area contributed by atoms with Crippen LogP contribution in [0.5, 0.6) is 0 Å². The molecule has 0 spiro atoms. The molecule has 3 heterocycles. The molecular formula is C24H28N4O3. The van der Waals surface area contributed by atoms with Gasteiger partial charge < -0.3 is 19.9 Å². The Morgan fingerprint density at radius 3 is 2.58 bits per heavy atom. The standard InChI is InChI=1S/C24H28N4O3/c1-14-21(15(2)29)19-9-17(16-7-6-8-25-11-16)10-20(22(19)26-14)27-18-12-28(13-18)23(30)31-24(3,4)5/h6-11,18,26-27H,12-13H2,1-5H3. The topological polar surface area (TPSA) is 87.3 Å². The molecule has 1 fully saturated rings. The van der Waals surface area contributed by atoms with Gasteiger partial charge in [0.1, 0.15) is 5.60 Å². The van der Waals surface area contributed by atoms with E-state index in [1.54, 1.807) is 18.0 Å². The summed E-state index contributed by atoms with van der Waals surface area (Å²) in [6.07, 6.45) is 3.25. The molecule has 1 saturated heterocycles. The number of rotatable bonds is 4. The van der Waals surface area contributed by atoms with Crippen molar-refractivity contribution in [3.63, 3.8) is 0 Å². The number of aryl methyl sites for hydroxylation is 1. The zero-order valence-electron chi connectivity index (χ0n) is 18.6. The number of ketones is 1. The van der Waals surface area contributed by atoms with Crippen molar-refractivity contribution >= 4 is 28.5 Å². The first-order chi connectivity index (χ1) is 14.6. The van der Waals surface area contributed by atoms with Crippen LogP contribution in [0.3, 0.4) is 0 Å². The minimum absolute atomic E-state index is 0.0257. The lowest BCUT2D eigenvalue weighted by Gasteiger charge is -2.40. The number of amides is 1. The summed E-state index contributed by atoms with van der Waals surface area (Å²) in [6, 6.07) is 8.09. The molecular weight excluding hydrogens is 392 g/mol. The second-order valence-corrected chi connectivity index (χ2v) is 9.10. The van der Waals surface area contributed by atoms with Gasteiger partial charge in [-0.1, -0.05) is 6.07 Å². The number of anilines is 1. The number of likely N-dealkylation sites (tertiary alicyclic amines) is 1. The van der Waals surface area contributed by atoms with Crippen molar-refractivity contribution < 1.29 is 14.3 Å². The maximum absolute atomic E-state index is 12.3. The highest BCUT2D eigenvalue weighted by atomic mass is 16.6. The largest absolute Gasteiger partial charge is 0.444 e. The zero-order valence-corrected chi connectivity index (χ0v) is 18.6. The highest BCUT2D eigenvalue weighted by molar-refractivity contribution is 6.12. The highest BCUT2D eigenvalue weighted by Crippen LogP contribution is 2.35. The molecule has 1 aliphatic heterocycles. The van der Waals surface area contributed by atoms with Gasteiger partial charge in [0.05, 0.1) is 17.2 Å². The quantitative estimate of drug-likeness (QED) is 0.594. The molecule has 2 aromatic heterocycles. The van der Waals surface area contributed by atoms with E-state index in [1.807, 2.05) is 52.1 Å². The van der Waals surface area contributed by atoms with Crippen molar-refractivity contribution in [2.75, 3.05) is 18.4 Å². The van der Waals surface area contributed by atoms with Gasteiger partial charge >= 0.3 is 6.09 Å². The van der Waals surface area contributed by atoms with Gasteiger partial charge in [0, 0.05) is 47.7 Å². The van der Waals surface area contributed by atoms with E-state index >= 15 is 0 Å². The van der Waals surface area contributed by atoms with Crippen LogP contribution in [0.2, 0.25) is 0 Å². The Kier molecular flexibility index (Phi) is 5.21. The summed E-state index contributed by atoms with van der Waals surface area (Å²) in [5.74, 6) is 0.0257. The maximum atomic E-state index is 12.3. The van der Waals surface area contributed by atoms with E-state index in [2.05, 4.69) is 21.4 Å². The van der Waals surface area contributed by atoms with Crippen molar-refractivity contribution in [2.24, 2.45) is 0 Å². The van der Waals surface area contributed by atoms with Crippen LogP contribution in [-0.4, -0.2) is 51.5 Å². The number of carbonyl (C=O) groups excluding carboxylic acids is 2. The molecule has 3 aromatic rings. The summed E-state index contributed by atoms with van der Waals surface area (Å²) in [5, 5.41) is 4.43. The van der Waals surface area contributed by atoms with Gasteiger partial charge in [0.15, 0.2) is 5.78 Å². The van der Waals surface area contributed by atoms with Crippen molar-refractivity contribution in [1.29, 1.82) is 0 Å². The molecule has 0 saturated carbocycles. The Balaban J connectivity index is 1.64. The Morgan fingerprint density at radius 2 is 1.97 bits per heavy atom. The number of pyridine rings is 1. The SMILES string of the molecule is CC(=O)c1c(C)[nH]c2c(NC3CN(C(=O)OC(C)(C)C)C3)cc(-c3cccnc3)cc12. The number of fused-ring (bicyclic) bond motifs is 1. The molecule has 0 atom stereocenters. The lowest BCUT2D eigenvalue weighted by atomic mass is 10.00. The second kappa shape index (κ2) is 7.72. The molecule has 7 nitrogen and oxygen atoms in total. The first-order valence-corrected chi connectivity index (χ1v) is 10.4. The third kappa shape index (κ3) is 4.26. The van der Waals surface area contributed by atoms with Crippen LogP contribution >= 0.6 is 0 Å².